The average molecular weight is 339 g/mol. The summed E-state index contributed by atoms with van der Waals surface area (Å²) < 4.78 is 0. The molecule has 0 spiro atoms. The van der Waals surface area contributed by atoms with E-state index in [1.54, 1.807) is 5.51 Å². The van der Waals surface area contributed by atoms with E-state index < -0.39 is 0 Å². The van der Waals surface area contributed by atoms with Crippen molar-refractivity contribution in [3.05, 3.63) is 41.4 Å². The van der Waals surface area contributed by atoms with Gasteiger partial charge in [0.15, 0.2) is 0 Å². The molecule has 6 rings (SSSR count). The molecule has 24 heavy (non-hydrogen) atoms. The van der Waals surface area contributed by atoms with Crippen LogP contribution in [-0.2, 0) is 10.2 Å². The third-order valence-electron chi connectivity index (χ3n) is 6.51. The van der Waals surface area contributed by atoms with Crippen molar-refractivity contribution in [1.29, 1.82) is 0 Å². The van der Waals surface area contributed by atoms with Crippen LogP contribution >= 0.6 is 11.3 Å². The smallest absolute Gasteiger partial charge is 0.232 e. The summed E-state index contributed by atoms with van der Waals surface area (Å²) in [5.74, 6) is 1.55. The van der Waals surface area contributed by atoms with E-state index in [1.165, 1.54) is 36.2 Å². The molecule has 4 saturated carbocycles. The lowest BCUT2D eigenvalue weighted by Crippen LogP contribution is -2.57. The third-order valence-corrected chi connectivity index (χ3v) is 7.12. The van der Waals surface area contributed by atoms with Gasteiger partial charge >= 0.3 is 0 Å². The Morgan fingerprint density at radius 3 is 2.54 bits per heavy atom. The molecule has 4 aliphatic rings. The largest absolute Gasteiger partial charge is 0.300 e. The molecule has 4 nitrogen and oxygen atoms in total. The molecule has 1 aromatic carbocycles. The standard InChI is InChI=1S/C19H21N3OS/c23-16(21-17-22-20-12-24-17)19-9-13-6-14(10-19)8-18(7-13,11-19)15-4-2-1-3-5-15/h1-5,12-14H,6-11H2,(H,21,22,23)/t13-,14-,18?,19?/m0/s1. The first-order valence-electron chi connectivity index (χ1n) is 8.81. The summed E-state index contributed by atoms with van der Waals surface area (Å²) in [5.41, 5.74) is 3.09. The molecule has 4 fully saturated rings. The van der Waals surface area contributed by atoms with E-state index in [4.69, 9.17) is 0 Å². The lowest BCUT2D eigenvalue weighted by Gasteiger charge is -2.61. The number of nitrogens with one attached hydrogen (secondary N) is 1. The van der Waals surface area contributed by atoms with E-state index >= 15 is 0 Å². The Bertz CT molecular complexity index is 744. The lowest BCUT2D eigenvalue weighted by atomic mass is 9.42. The van der Waals surface area contributed by atoms with Gasteiger partial charge in [-0.15, -0.1) is 10.2 Å². The molecule has 124 valence electrons. The van der Waals surface area contributed by atoms with Crippen LogP contribution in [0.2, 0.25) is 0 Å². The number of anilines is 1. The van der Waals surface area contributed by atoms with Crippen LogP contribution in [0.5, 0.6) is 0 Å². The van der Waals surface area contributed by atoms with Gasteiger partial charge in [0.1, 0.15) is 5.51 Å². The van der Waals surface area contributed by atoms with Crippen LogP contribution in [0.3, 0.4) is 0 Å². The molecule has 0 aliphatic heterocycles. The zero-order valence-corrected chi connectivity index (χ0v) is 14.4. The molecule has 1 aromatic heterocycles. The van der Waals surface area contributed by atoms with Crippen molar-refractivity contribution >= 4 is 22.4 Å². The van der Waals surface area contributed by atoms with Crippen molar-refractivity contribution in [2.24, 2.45) is 17.3 Å². The van der Waals surface area contributed by atoms with Gasteiger partial charge in [-0.1, -0.05) is 41.7 Å². The van der Waals surface area contributed by atoms with Crippen LogP contribution in [0.4, 0.5) is 5.13 Å². The fourth-order valence-electron chi connectivity index (χ4n) is 6.11. The third kappa shape index (κ3) is 2.14. The van der Waals surface area contributed by atoms with Crippen molar-refractivity contribution in [1.82, 2.24) is 10.2 Å². The summed E-state index contributed by atoms with van der Waals surface area (Å²) in [6, 6.07) is 10.9. The summed E-state index contributed by atoms with van der Waals surface area (Å²) in [7, 11) is 0. The van der Waals surface area contributed by atoms with Crippen molar-refractivity contribution in [3.8, 4) is 0 Å². The summed E-state index contributed by atoms with van der Waals surface area (Å²) >= 11 is 1.40. The average Bonchev–Trinajstić information content (AvgIpc) is 3.07. The number of carbonyl (C=O) groups excluding carboxylic acids is 1. The van der Waals surface area contributed by atoms with Crippen LogP contribution in [0.1, 0.15) is 44.1 Å². The first-order chi connectivity index (χ1) is 11.7. The highest BCUT2D eigenvalue weighted by molar-refractivity contribution is 7.13. The predicted molar refractivity (Wildman–Crippen MR) is 93.8 cm³/mol. The Morgan fingerprint density at radius 1 is 1.12 bits per heavy atom. The molecule has 0 unspecified atom stereocenters. The molecule has 4 aliphatic carbocycles. The lowest BCUT2D eigenvalue weighted by molar-refractivity contribution is -0.143. The van der Waals surface area contributed by atoms with Crippen molar-refractivity contribution in [2.45, 2.75) is 43.9 Å². The molecule has 2 atom stereocenters. The van der Waals surface area contributed by atoms with Gasteiger partial charge in [0.25, 0.3) is 0 Å². The van der Waals surface area contributed by atoms with E-state index in [0.717, 1.165) is 19.3 Å². The number of amides is 1. The summed E-state index contributed by atoms with van der Waals surface area (Å²) in [6.07, 6.45) is 6.89. The van der Waals surface area contributed by atoms with E-state index in [9.17, 15) is 4.79 Å². The van der Waals surface area contributed by atoms with E-state index in [-0.39, 0.29) is 16.7 Å². The number of hydrogen-bond donors (Lipinski definition) is 1. The Hall–Kier alpha value is -1.75. The number of hydrogen-bond acceptors (Lipinski definition) is 4. The number of rotatable bonds is 3. The second kappa shape index (κ2) is 5.12. The highest BCUT2D eigenvalue weighted by Crippen LogP contribution is 2.65. The van der Waals surface area contributed by atoms with Gasteiger partial charge < -0.3 is 5.32 Å². The fourth-order valence-corrected chi connectivity index (χ4v) is 6.55. The van der Waals surface area contributed by atoms with Gasteiger partial charge in [-0.25, -0.2) is 0 Å². The monoisotopic (exact) mass is 339 g/mol. The molecule has 2 aromatic rings. The van der Waals surface area contributed by atoms with E-state index in [1.807, 2.05) is 0 Å². The van der Waals surface area contributed by atoms with Crippen LogP contribution in [0, 0.1) is 17.3 Å². The molecule has 0 saturated heterocycles. The zero-order chi connectivity index (χ0) is 16.2. The highest BCUT2D eigenvalue weighted by Gasteiger charge is 2.60. The van der Waals surface area contributed by atoms with Gasteiger partial charge in [-0.05, 0) is 61.3 Å². The van der Waals surface area contributed by atoms with E-state index in [2.05, 4.69) is 45.8 Å². The van der Waals surface area contributed by atoms with Crippen molar-refractivity contribution in [2.75, 3.05) is 5.32 Å². The number of carbonyl (C=O) groups is 1. The van der Waals surface area contributed by atoms with Gasteiger partial charge in [-0.2, -0.15) is 0 Å². The topological polar surface area (TPSA) is 54.9 Å². The maximum absolute atomic E-state index is 13.2. The zero-order valence-electron chi connectivity index (χ0n) is 13.6. The van der Waals surface area contributed by atoms with Crippen molar-refractivity contribution < 1.29 is 4.79 Å². The van der Waals surface area contributed by atoms with Gasteiger partial charge in [0.05, 0.1) is 5.41 Å². The summed E-state index contributed by atoms with van der Waals surface area (Å²) in [4.78, 5) is 13.2. The van der Waals surface area contributed by atoms with Crippen LogP contribution in [0.25, 0.3) is 0 Å². The highest BCUT2D eigenvalue weighted by atomic mass is 32.1. The second-order valence-corrected chi connectivity index (χ2v) is 8.92. The predicted octanol–water partition coefficient (Wildman–Crippen LogP) is 4.01. The van der Waals surface area contributed by atoms with Gasteiger partial charge in [0.2, 0.25) is 11.0 Å². The molecular formula is C19H21N3OS. The van der Waals surface area contributed by atoms with Crippen LogP contribution in [0.15, 0.2) is 35.8 Å². The normalized spacial score (nSPS) is 36.7. The van der Waals surface area contributed by atoms with Crippen molar-refractivity contribution in [3.63, 3.8) is 0 Å². The summed E-state index contributed by atoms with van der Waals surface area (Å²) in [6.45, 7) is 0. The van der Waals surface area contributed by atoms with E-state index in [0.29, 0.717) is 17.0 Å². The minimum atomic E-state index is -0.217. The minimum absolute atomic E-state index is 0.175. The molecule has 1 heterocycles. The fraction of sp³-hybridized carbons (Fsp3) is 0.526. The first-order valence-corrected chi connectivity index (χ1v) is 9.69. The SMILES string of the molecule is O=C(Nc1nncs1)C12C[C@H]3C[C@H](C1)CC(c1ccccc1)(C3)C2. The van der Waals surface area contributed by atoms with Gasteiger partial charge in [-0.3, -0.25) is 4.79 Å². The molecule has 0 radical (unpaired) electrons. The Balaban J connectivity index is 1.50. The van der Waals surface area contributed by atoms with Crippen LogP contribution < -0.4 is 5.32 Å². The molecule has 1 N–H and O–H groups in total. The summed E-state index contributed by atoms with van der Waals surface area (Å²) in [5, 5.41) is 11.5. The first kappa shape index (κ1) is 14.6. The molecular weight excluding hydrogens is 318 g/mol. The van der Waals surface area contributed by atoms with Crippen LogP contribution in [-0.4, -0.2) is 16.1 Å². The minimum Gasteiger partial charge on any atom is -0.300 e. The number of benzene rings is 1. The molecule has 5 heteroatoms. The molecule has 4 bridgehead atoms. The maximum Gasteiger partial charge on any atom is 0.232 e. The Labute approximate surface area is 145 Å². The maximum atomic E-state index is 13.2. The Kier molecular flexibility index (Phi) is 3.11. The Morgan fingerprint density at radius 2 is 1.88 bits per heavy atom. The number of aromatic nitrogens is 2. The quantitative estimate of drug-likeness (QED) is 0.919. The molecule has 1 amide bonds. The van der Waals surface area contributed by atoms with Gasteiger partial charge in [0, 0.05) is 0 Å². The number of nitrogens with zero attached hydrogens (tertiary/aromatic N) is 2. The second-order valence-electron chi connectivity index (χ2n) is 8.09.